The van der Waals surface area contributed by atoms with E-state index in [2.05, 4.69) is 204 Å². The molecule has 0 radical (unpaired) electrons. The number of benzene rings is 10. The first-order chi connectivity index (χ1) is 28.2. The zero-order valence-corrected chi connectivity index (χ0v) is 30.9. The van der Waals surface area contributed by atoms with Gasteiger partial charge in [-0.25, -0.2) is 0 Å². The molecule has 0 spiro atoms. The van der Waals surface area contributed by atoms with E-state index in [1.165, 1.54) is 59.7 Å². The van der Waals surface area contributed by atoms with Gasteiger partial charge in [0.25, 0.3) is 0 Å². The highest BCUT2D eigenvalue weighted by molar-refractivity contribution is 6.19. The molecule has 0 N–H and O–H groups in total. The number of fused-ring (bicyclic) bond motifs is 11. The number of anilines is 3. The number of rotatable bonds is 5. The molecule has 12 aromatic rings. The molecule has 266 valence electrons. The first kappa shape index (κ1) is 31.7. The summed E-state index contributed by atoms with van der Waals surface area (Å²) in [6.07, 6.45) is 0. The molecule has 0 saturated carbocycles. The molecule has 3 nitrogen and oxygen atoms in total. The molecule has 0 atom stereocenters. The lowest BCUT2D eigenvalue weighted by atomic mass is 10.00. The number of para-hydroxylation sites is 2. The Balaban J connectivity index is 1.03. The molecule has 3 heteroatoms. The standard InChI is InChI=1S/C54H34N2O/c1-2-12-40(13-3-1)56-51-32-39(24-29-46(51)48-30-23-37-11-5-7-15-45(37)54(48)56)35-20-25-41(26-21-35)55(43-28-31-53-50(34-43)47-16-8-9-17-52(47)57-53)42-27-22-38-19-18-36-10-4-6-14-44(36)49(38)33-42/h1-34H. The van der Waals surface area contributed by atoms with Gasteiger partial charge in [0.05, 0.1) is 11.0 Å². The molecule has 0 saturated heterocycles. The molecule has 12 rings (SSSR count). The summed E-state index contributed by atoms with van der Waals surface area (Å²) >= 11 is 0. The van der Waals surface area contributed by atoms with E-state index < -0.39 is 0 Å². The van der Waals surface area contributed by atoms with Gasteiger partial charge in [0.1, 0.15) is 11.2 Å². The fourth-order valence-corrected chi connectivity index (χ4v) is 9.04. The predicted molar refractivity (Wildman–Crippen MR) is 241 cm³/mol. The topological polar surface area (TPSA) is 21.3 Å². The minimum absolute atomic E-state index is 0.885. The van der Waals surface area contributed by atoms with Gasteiger partial charge >= 0.3 is 0 Å². The normalized spacial score (nSPS) is 11.9. The zero-order chi connectivity index (χ0) is 37.5. The monoisotopic (exact) mass is 726 g/mol. The van der Waals surface area contributed by atoms with Crippen molar-refractivity contribution in [3.8, 4) is 16.8 Å². The van der Waals surface area contributed by atoms with E-state index in [4.69, 9.17) is 4.42 Å². The van der Waals surface area contributed by atoms with Crippen molar-refractivity contribution in [2.45, 2.75) is 0 Å². The Morgan fingerprint density at radius 2 is 0.895 bits per heavy atom. The van der Waals surface area contributed by atoms with Crippen molar-refractivity contribution < 1.29 is 4.42 Å². The summed E-state index contributed by atoms with van der Waals surface area (Å²) in [5, 5.41) is 12.2. The molecule has 10 aromatic carbocycles. The summed E-state index contributed by atoms with van der Waals surface area (Å²) in [6.45, 7) is 0. The van der Waals surface area contributed by atoms with Crippen LogP contribution < -0.4 is 4.90 Å². The average Bonchev–Trinajstić information content (AvgIpc) is 3.82. The second-order valence-electron chi connectivity index (χ2n) is 14.9. The van der Waals surface area contributed by atoms with Crippen molar-refractivity contribution in [2.75, 3.05) is 4.90 Å². The Labute approximate surface area is 328 Å². The number of aromatic nitrogens is 1. The average molecular weight is 727 g/mol. The highest BCUT2D eigenvalue weighted by Gasteiger charge is 2.19. The molecular formula is C54H34N2O. The second-order valence-corrected chi connectivity index (χ2v) is 14.9. The maximum atomic E-state index is 6.26. The van der Waals surface area contributed by atoms with Gasteiger partial charge in [0.15, 0.2) is 0 Å². The summed E-state index contributed by atoms with van der Waals surface area (Å²) < 4.78 is 8.69. The van der Waals surface area contributed by atoms with Gasteiger partial charge in [-0.15, -0.1) is 0 Å². The van der Waals surface area contributed by atoms with Crippen molar-refractivity contribution >= 4 is 93.1 Å². The van der Waals surface area contributed by atoms with Gasteiger partial charge in [0, 0.05) is 49.7 Å². The first-order valence-corrected chi connectivity index (χ1v) is 19.5. The molecule has 0 aliphatic rings. The van der Waals surface area contributed by atoms with Gasteiger partial charge in [-0.1, -0.05) is 140 Å². The summed E-state index contributed by atoms with van der Waals surface area (Å²) in [5.74, 6) is 0. The molecule has 0 aliphatic carbocycles. The molecule has 57 heavy (non-hydrogen) atoms. The summed E-state index contributed by atoms with van der Waals surface area (Å²) in [6, 6.07) is 74.7. The van der Waals surface area contributed by atoms with Crippen molar-refractivity contribution in [3.05, 3.63) is 206 Å². The second kappa shape index (κ2) is 12.5. The third-order valence-corrected chi connectivity index (χ3v) is 11.7. The van der Waals surface area contributed by atoms with Crippen molar-refractivity contribution in [1.29, 1.82) is 0 Å². The van der Waals surface area contributed by atoms with E-state index in [1.54, 1.807) is 0 Å². The van der Waals surface area contributed by atoms with Crippen LogP contribution in [0, 0.1) is 0 Å². The van der Waals surface area contributed by atoms with Crippen LogP contribution in [0.4, 0.5) is 17.1 Å². The number of hydrogen-bond donors (Lipinski definition) is 0. The maximum Gasteiger partial charge on any atom is 0.135 e. The Morgan fingerprint density at radius 1 is 0.333 bits per heavy atom. The molecule has 2 heterocycles. The van der Waals surface area contributed by atoms with Crippen LogP contribution in [0.15, 0.2) is 211 Å². The highest BCUT2D eigenvalue weighted by atomic mass is 16.3. The van der Waals surface area contributed by atoms with E-state index in [1.807, 2.05) is 12.1 Å². The molecule has 0 aliphatic heterocycles. The largest absolute Gasteiger partial charge is 0.456 e. The van der Waals surface area contributed by atoms with Crippen LogP contribution in [0.3, 0.4) is 0 Å². The highest BCUT2D eigenvalue weighted by Crippen LogP contribution is 2.42. The lowest BCUT2D eigenvalue weighted by molar-refractivity contribution is 0.669. The number of furan rings is 1. The molecule has 0 amide bonds. The van der Waals surface area contributed by atoms with Crippen molar-refractivity contribution in [2.24, 2.45) is 0 Å². The molecule has 0 bridgehead atoms. The molecular weight excluding hydrogens is 693 g/mol. The fourth-order valence-electron chi connectivity index (χ4n) is 9.04. The van der Waals surface area contributed by atoms with Crippen LogP contribution in [-0.4, -0.2) is 4.57 Å². The van der Waals surface area contributed by atoms with Gasteiger partial charge < -0.3 is 13.9 Å². The maximum absolute atomic E-state index is 6.26. The van der Waals surface area contributed by atoms with Crippen LogP contribution in [-0.2, 0) is 0 Å². The lowest BCUT2D eigenvalue weighted by Crippen LogP contribution is -2.09. The molecule has 0 fully saturated rings. The van der Waals surface area contributed by atoms with Gasteiger partial charge in [-0.2, -0.15) is 0 Å². The number of nitrogens with zero attached hydrogens (tertiary/aromatic N) is 2. The molecule has 0 unspecified atom stereocenters. The summed E-state index contributed by atoms with van der Waals surface area (Å²) in [5.41, 5.74) is 11.0. The SMILES string of the molecule is c1ccc(-n2c3cc(-c4ccc(N(c5ccc6ccc7ccccc7c6c5)c5ccc6oc7ccccc7c6c5)cc4)ccc3c3ccc4ccccc4c32)cc1. The Bertz CT molecular complexity index is 3520. The van der Waals surface area contributed by atoms with Gasteiger partial charge in [-0.3, -0.25) is 0 Å². The van der Waals surface area contributed by atoms with Crippen LogP contribution in [0.25, 0.3) is 92.9 Å². The smallest absolute Gasteiger partial charge is 0.135 e. The zero-order valence-electron chi connectivity index (χ0n) is 30.9. The first-order valence-electron chi connectivity index (χ1n) is 19.5. The van der Waals surface area contributed by atoms with E-state index in [0.717, 1.165) is 50.3 Å². The van der Waals surface area contributed by atoms with E-state index in [9.17, 15) is 0 Å². The summed E-state index contributed by atoms with van der Waals surface area (Å²) in [7, 11) is 0. The quantitative estimate of drug-likeness (QED) is 0.165. The number of hydrogen-bond acceptors (Lipinski definition) is 2. The van der Waals surface area contributed by atoms with Crippen LogP contribution in [0.2, 0.25) is 0 Å². The third-order valence-electron chi connectivity index (χ3n) is 11.7. The van der Waals surface area contributed by atoms with Gasteiger partial charge in [0.2, 0.25) is 0 Å². The van der Waals surface area contributed by atoms with Crippen LogP contribution >= 0.6 is 0 Å². The predicted octanol–water partition coefficient (Wildman–Crippen LogP) is 15.3. The fraction of sp³-hybridized carbons (Fsp3) is 0. The molecule has 2 aromatic heterocycles. The minimum Gasteiger partial charge on any atom is -0.456 e. The Hall–Kier alpha value is -7.62. The Kier molecular flexibility index (Phi) is 6.93. The summed E-state index contributed by atoms with van der Waals surface area (Å²) in [4.78, 5) is 2.37. The minimum atomic E-state index is 0.885. The van der Waals surface area contributed by atoms with E-state index >= 15 is 0 Å². The van der Waals surface area contributed by atoms with Crippen LogP contribution in [0.5, 0.6) is 0 Å². The van der Waals surface area contributed by atoms with Crippen molar-refractivity contribution in [3.63, 3.8) is 0 Å². The lowest BCUT2D eigenvalue weighted by Gasteiger charge is -2.26. The van der Waals surface area contributed by atoms with Gasteiger partial charge in [-0.05, 0) is 105 Å². The van der Waals surface area contributed by atoms with Crippen LogP contribution in [0.1, 0.15) is 0 Å². The van der Waals surface area contributed by atoms with Crippen molar-refractivity contribution in [1.82, 2.24) is 4.57 Å². The van der Waals surface area contributed by atoms with E-state index in [-0.39, 0.29) is 0 Å². The Morgan fingerprint density at radius 3 is 1.72 bits per heavy atom. The van der Waals surface area contributed by atoms with E-state index in [0.29, 0.717) is 0 Å². The third kappa shape index (κ3) is 4.99.